The predicted molar refractivity (Wildman–Crippen MR) is 42.5 cm³/mol. The van der Waals surface area contributed by atoms with Gasteiger partial charge in [-0.2, -0.15) is 0 Å². The normalized spacial score (nSPS) is 24.9. The van der Waals surface area contributed by atoms with E-state index in [0.717, 1.165) is 26.5 Å². The van der Waals surface area contributed by atoms with Gasteiger partial charge in [-0.15, -0.1) is 0 Å². The van der Waals surface area contributed by atoms with Crippen molar-refractivity contribution in [1.29, 1.82) is 0 Å². The minimum absolute atomic E-state index is 0.459. The number of hydrogen-bond acceptors (Lipinski definition) is 1. The van der Waals surface area contributed by atoms with Crippen molar-refractivity contribution in [2.45, 2.75) is 23.5 Å². The van der Waals surface area contributed by atoms with E-state index in [2.05, 4.69) is 0 Å². The van der Waals surface area contributed by atoms with Crippen LogP contribution < -0.4 is 0 Å². The Labute approximate surface area is 65.2 Å². The zero-order chi connectivity index (χ0) is 6.53. The van der Waals surface area contributed by atoms with Gasteiger partial charge in [-0.3, -0.25) is 0 Å². The Morgan fingerprint density at radius 1 is 1.11 bits per heavy atom. The standard InChI is InChI=1S/C6H12OSSe/c7-8-3-1-5-9-6-2-4-8/h1-6H2. The minimum atomic E-state index is -0.459. The van der Waals surface area contributed by atoms with Crippen LogP contribution in [-0.2, 0) is 10.8 Å². The van der Waals surface area contributed by atoms with Gasteiger partial charge in [0.2, 0.25) is 0 Å². The fourth-order valence-corrected chi connectivity index (χ4v) is 4.70. The first-order valence-electron chi connectivity index (χ1n) is 3.32. The fraction of sp³-hybridized carbons (Fsp3) is 1.00. The van der Waals surface area contributed by atoms with Crippen LogP contribution in [0.3, 0.4) is 0 Å². The third-order valence-corrected chi connectivity index (χ3v) is 5.23. The van der Waals surface area contributed by atoms with Crippen molar-refractivity contribution in [3.8, 4) is 0 Å². The molecule has 0 bridgehead atoms. The monoisotopic (exact) mass is 212 g/mol. The maximum absolute atomic E-state index is 11.0. The van der Waals surface area contributed by atoms with E-state index in [1.807, 2.05) is 0 Å². The van der Waals surface area contributed by atoms with Crippen LogP contribution in [0.5, 0.6) is 0 Å². The molecule has 1 fully saturated rings. The van der Waals surface area contributed by atoms with Gasteiger partial charge in [0.25, 0.3) is 0 Å². The average molecular weight is 211 g/mol. The molecule has 0 N–H and O–H groups in total. The first-order chi connectivity index (χ1) is 4.39. The summed E-state index contributed by atoms with van der Waals surface area (Å²) >= 11 is 0.880. The average Bonchev–Trinajstić information content (AvgIpc) is 1.79. The molecule has 1 saturated heterocycles. The van der Waals surface area contributed by atoms with Gasteiger partial charge in [0.1, 0.15) is 0 Å². The van der Waals surface area contributed by atoms with E-state index in [9.17, 15) is 4.21 Å². The van der Waals surface area contributed by atoms with Crippen molar-refractivity contribution in [2.75, 3.05) is 11.5 Å². The van der Waals surface area contributed by atoms with E-state index in [-0.39, 0.29) is 0 Å². The van der Waals surface area contributed by atoms with Crippen LogP contribution in [0, 0.1) is 0 Å². The molecular formula is C6H12OSSe. The molecule has 1 heterocycles. The van der Waals surface area contributed by atoms with Gasteiger partial charge in [0, 0.05) is 0 Å². The molecule has 0 aromatic heterocycles. The molecular weight excluding hydrogens is 199 g/mol. The summed E-state index contributed by atoms with van der Waals surface area (Å²) in [6.07, 6.45) is 2.43. The quantitative estimate of drug-likeness (QED) is 0.548. The van der Waals surface area contributed by atoms with Crippen LogP contribution >= 0.6 is 0 Å². The van der Waals surface area contributed by atoms with Crippen molar-refractivity contribution in [1.82, 2.24) is 0 Å². The van der Waals surface area contributed by atoms with Crippen molar-refractivity contribution >= 4 is 25.8 Å². The van der Waals surface area contributed by atoms with Gasteiger partial charge in [-0.25, -0.2) is 0 Å². The molecule has 54 valence electrons. The zero-order valence-electron chi connectivity index (χ0n) is 5.47. The molecule has 0 radical (unpaired) electrons. The van der Waals surface area contributed by atoms with E-state index < -0.39 is 10.8 Å². The molecule has 1 aliphatic rings. The summed E-state index contributed by atoms with van der Waals surface area (Å²) in [5.74, 6) is 1.95. The van der Waals surface area contributed by atoms with Gasteiger partial charge in [-0.05, 0) is 0 Å². The van der Waals surface area contributed by atoms with Crippen molar-refractivity contribution < 1.29 is 4.21 Å². The van der Waals surface area contributed by atoms with Crippen molar-refractivity contribution in [2.24, 2.45) is 0 Å². The summed E-state index contributed by atoms with van der Waals surface area (Å²) in [6, 6.07) is 0. The molecule has 0 aliphatic carbocycles. The molecule has 0 aromatic rings. The second-order valence-corrected chi connectivity index (χ2v) is 6.43. The van der Waals surface area contributed by atoms with E-state index in [1.165, 1.54) is 23.5 Å². The van der Waals surface area contributed by atoms with Crippen LogP contribution in [0.2, 0.25) is 10.6 Å². The SMILES string of the molecule is O=S1CCC[Se]CCC1. The van der Waals surface area contributed by atoms with Gasteiger partial charge in [0.05, 0.1) is 0 Å². The third-order valence-electron chi connectivity index (χ3n) is 1.32. The van der Waals surface area contributed by atoms with E-state index >= 15 is 0 Å². The molecule has 0 amide bonds. The van der Waals surface area contributed by atoms with E-state index in [0.29, 0.717) is 0 Å². The summed E-state index contributed by atoms with van der Waals surface area (Å²) < 4.78 is 11.0. The van der Waals surface area contributed by atoms with Gasteiger partial charge >= 0.3 is 65.0 Å². The second kappa shape index (κ2) is 4.48. The second-order valence-electron chi connectivity index (χ2n) is 2.17. The molecule has 1 rings (SSSR count). The molecule has 1 aliphatic heterocycles. The Hall–Kier alpha value is 0.669. The maximum atomic E-state index is 11.0. The van der Waals surface area contributed by atoms with E-state index in [4.69, 9.17) is 0 Å². The van der Waals surface area contributed by atoms with Crippen LogP contribution in [0.15, 0.2) is 0 Å². The van der Waals surface area contributed by atoms with Gasteiger partial charge < -0.3 is 0 Å². The molecule has 3 heteroatoms. The van der Waals surface area contributed by atoms with Crippen LogP contribution in [0.25, 0.3) is 0 Å². The van der Waals surface area contributed by atoms with Crippen molar-refractivity contribution in [3.63, 3.8) is 0 Å². The first kappa shape index (κ1) is 7.77. The Morgan fingerprint density at radius 3 is 2.22 bits per heavy atom. The molecule has 1 nitrogen and oxygen atoms in total. The number of hydrogen-bond donors (Lipinski definition) is 0. The first-order valence-corrected chi connectivity index (χ1v) is 7.23. The molecule has 0 spiro atoms. The Balaban J connectivity index is 2.20. The molecule has 0 saturated carbocycles. The Bertz CT molecular complexity index is 95.2. The fourth-order valence-electron chi connectivity index (χ4n) is 0.848. The summed E-state index contributed by atoms with van der Waals surface area (Å²) in [5.41, 5.74) is 0. The topological polar surface area (TPSA) is 17.1 Å². The van der Waals surface area contributed by atoms with Crippen LogP contribution in [-0.4, -0.2) is 30.7 Å². The molecule has 0 atom stereocenters. The summed E-state index contributed by atoms with van der Waals surface area (Å²) in [7, 11) is -0.459. The summed E-state index contributed by atoms with van der Waals surface area (Å²) in [6.45, 7) is 0. The third kappa shape index (κ3) is 3.39. The van der Waals surface area contributed by atoms with Crippen LogP contribution in [0.4, 0.5) is 0 Å². The summed E-state index contributed by atoms with van der Waals surface area (Å²) in [4.78, 5) is 0. The van der Waals surface area contributed by atoms with Gasteiger partial charge in [-0.1, -0.05) is 0 Å². The zero-order valence-corrected chi connectivity index (χ0v) is 8.00. The van der Waals surface area contributed by atoms with Gasteiger partial charge in [0.15, 0.2) is 0 Å². The molecule has 9 heavy (non-hydrogen) atoms. The Kier molecular flexibility index (Phi) is 3.87. The molecule has 0 aromatic carbocycles. The van der Waals surface area contributed by atoms with Crippen LogP contribution in [0.1, 0.15) is 12.8 Å². The number of rotatable bonds is 0. The Morgan fingerprint density at radius 2 is 1.67 bits per heavy atom. The summed E-state index contributed by atoms with van der Waals surface area (Å²) in [5, 5.41) is 2.72. The van der Waals surface area contributed by atoms with Crippen molar-refractivity contribution in [3.05, 3.63) is 0 Å². The van der Waals surface area contributed by atoms with E-state index in [1.54, 1.807) is 0 Å². The predicted octanol–water partition coefficient (Wildman–Crippen LogP) is 1.07. The molecule has 0 unspecified atom stereocenters.